The van der Waals surface area contributed by atoms with Crippen LogP contribution in [0.15, 0.2) is 23.1 Å². The second-order valence-electron chi connectivity index (χ2n) is 3.98. The third kappa shape index (κ3) is 2.63. The molecule has 0 aromatic heterocycles. The van der Waals surface area contributed by atoms with Gasteiger partial charge in [0.15, 0.2) is 0 Å². The first-order valence-electron chi connectivity index (χ1n) is 5.43. The van der Waals surface area contributed by atoms with Crippen molar-refractivity contribution in [3.63, 3.8) is 0 Å². The van der Waals surface area contributed by atoms with Crippen LogP contribution in [0.2, 0.25) is 5.02 Å². The summed E-state index contributed by atoms with van der Waals surface area (Å²) in [5, 5.41) is 0.529. The van der Waals surface area contributed by atoms with Gasteiger partial charge in [-0.1, -0.05) is 16.1 Å². The maximum Gasteiger partial charge on any atom is 0.265 e. The lowest BCUT2D eigenvalue weighted by atomic mass is 10.2. The first kappa shape index (κ1) is 12.8. The Kier molecular flexibility index (Phi) is 3.73. The Morgan fingerprint density at radius 3 is 2.71 bits per heavy atom. The maximum absolute atomic E-state index is 12.3. The molecule has 0 spiro atoms. The highest BCUT2D eigenvalue weighted by Gasteiger charge is 2.28. The number of rotatable bonds is 2. The van der Waals surface area contributed by atoms with Gasteiger partial charge in [0, 0.05) is 11.6 Å². The van der Waals surface area contributed by atoms with Gasteiger partial charge in [-0.05, 0) is 43.5 Å². The van der Waals surface area contributed by atoms with Gasteiger partial charge in [-0.2, -0.15) is 0 Å². The highest BCUT2D eigenvalue weighted by Crippen LogP contribution is 2.24. The van der Waals surface area contributed by atoms with Crippen molar-refractivity contribution in [2.45, 2.75) is 24.7 Å². The zero-order valence-corrected chi connectivity index (χ0v) is 11.1. The van der Waals surface area contributed by atoms with E-state index >= 15 is 0 Å². The molecule has 6 heteroatoms. The van der Waals surface area contributed by atoms with E-state index in [1.807, 2.05) is 0 Å². The zero-order chi connectivity index (χ0) is 12.5. The molecule has 0 bridgehead atoms. The molecule has 0 radical (unpaired) electrons. The fourth-order valence-electron chi connectivity index (χ4n) is 1.78. The van der Waals surface area contributed by atoms with E-state index in [1.54, 1.807) is 19.1 Å². The highest BCUT2D eigenvalue weighted by atomic mass is 35.5. The molecule has 0 aliphatic carbocycles. The summed E-state index contributed by atoms with van der Waals surface area (Å²) in [7, 11) is -3.56. The summed E-state index contributed by atoms with van der Waals surface area (Å²) in [5.74, 6) is 0. The van der Waals surface area contributed by atoms with Gasteiger partial charge >= 0.3 is 0 Å². The van der Waals surface area contributed by atoms with Gasteiger partial charge in [0.2, 0.25) is 0 Å². The molecule has 4 nitrogen and oxygen atoms in total. The molecule has 0 amide bonds. The molecule has 1 aromatic carbocycles. The van der Waals surface area contributed by atoms with E-state index < -0.39 is 10.0 Å². The Balaban J connectivity index is 2.37. The van der Waals surface area contributed by atoms with Gasteiger partial charge < -0.3 is 0 Å². The van der Waals surface area contributed by atoms with Crippen LogP contribution in [0.25, 0.3) is 0 Å². The van der Waals surface area contributed by atoms with Gasteiger partial charge in [-0.3, -0.25) is 4.84 Å². The van der Waals surface area contributed by atoms with Crippen LogP contribution in [0.1, 0.15) is 18.4 Å². The largest absolute Gasteiger partial charge is 0.284 e. The monoisotopic (exact) mass is 275 g/mol. The highest BCUT2D eigenvalue weighted by molar-refractivity contribution is 7.89. The molecule has 94 valence electrons. The minimum Gasteiger partial charge on any atom is -0.284 e. The lowest BCUT2D eigenvalue weighted by Gasteiger charge is -2.25. The molecule has 1 aliphatic heterocycles. The van der Waals surface area contributed by atoms with Crippen LogP contribution in [0.4, 0.5) is 0 Å². The maximum atomic E-state index is 12.3. The van der Waals surface area contributed by atoms with Gasteiger partial charge in [0.05, 0.1) is 11.5 Å². The topological polar surface area (TPSA) is 46.6 Å². The average Bonchev–Trinajstić information content (AvgIpc) is 2.29. The zero-order valence-electron chi connectivity index (χ0n) is 9.52. The number of nitrogens with zero attached hydrogens (tertiary/aromatic N) is 1. The van der Waals surface area contributed by atoms with Crippen molar-refractivity contribution in [2.24, 2.45) is 0 Å². The Morgan fingerprint density at radius 2 is 2.12 bits per heavy atom. The van der Waals surface area contributed by atoms with Crippen LogP contribution in [0, 0.1) is 6.92 Å². The first-order chi connectivity index (χ1) is 8.01. The van der Waals surface area contributed by atoms with Gasteiger partial charge in [0.1, 0.15) is 0 Å². The molecule has 2 rings (SSSR count). The number of hydrogen-bond acceptors (Lipinski definition) is 3. The lowest BCUT2D eigenvalue weighted by Crippen LogP contribution is -2.36. The third-order valence-corrected chi connectivity index (χ3v) is 4.73. The number of sulfonamides is 1. The standard InChI is InChI=1S/C11H14ClNO3S/c1-9-8-10(12)4-5-11(9)17(14,15)13-6-2-3-7-16-13/h4-5,8H,2-3,6-7H2,1H3. The predicted octanol–water partition coefficient (Wildman–Crippen LogP) is 2.36. The van der Waals surface area contributed by atoms with Crippen molar-refractivity contribution in [2.75, 3.05) is 13.2 Å². The Labute approximate surface area is 106 Å². The minimum atomic E-state index is -3.56. The SMILES string of the molecule is Cc1cc(Cl)ccc1S(=O)(=O)N1CCCCO1. The molecule has 0 saturated carbocycles. The second kappa shape index (κ2) is 4.94. The van der Waals surface area contributed by atoms with E-state index in [2.05, 4.69) is 0 Å². The van der Waals surface area contributed by atoms with Crippen LogP contribution in [-0.2, 0) is 14.9 Å². The van der Waals surface area contributed by atoms with Gasteiger partial charge in [-0.25, -0.2) is 8.42 Å². The predicted molar refractivity (Wildman–Crippen MR) is 65.3 cm³/mol. The number of benzene rings is 1. The van der Waals surface area contributed by atoms with Crippen molar-refractivity contribution in [1.82, 2.24) is 4.47 Å². The molecule has 0 N–H and O–H groups in total. The number of aryl methyl sites for hydroxylation is 1. The third-order valence-electron chi connectivity index (χ3n) is 2.65. The molecule has 0 unspecified atom stereocenters. The molecular weight excluding hydrogens is 262 g/mol. The summed E-state index contributed by atoms with van der Waals surface area (Å²) in [6.07, 6.45) is 1.72. The molecule has 1 aliphatic rings. The molecule has 1 saturated heterocycles. The summed E-state index contributed by atoms with van der Waals surface area (Å²) in [6.45, 7) is 2.58. The van der Waals surface area contributed by atoms with E-state index in [-0.39, 0.29) is 4.90 Å². The second-order valence-corrected chi connectivity index (χ2v) is 6.22. The van der Waals surface area contributed by atoms with Crippen molar-refractivity contribution < 1.29 is 13.3 Å². The molecule has 0 atom stereocenters. The number of hydroxylamine groups is 1. The summed E-state index contributed by atoms with van der Waals surface area (Å²) < 4.78 is 25.6. The molecule has 1 heterocycles. The fourth-order valence-corrected chi connectivity index (χ4v) is 3.51. The van der Waals surface area contributed by atoms with Crippen LogP contribution in [0.5, 0.6) is 0 Å². The van der Waals surface area contributed by atoms with Crippen LogP contribution in [-0.4, -0.2) is 26.0 Å². The van der Waals surface area contributed by atoms with Crippen LogP contribution >= 0.6 is 11.6 Å². The molecule has 1 aromatic rings. The van der Waals surface area contributed by atoms with Crippen molar-refractivity contribution in [3.05, 3.63) is 28.8 Å². The van der Waals surface area contributed by atoms with Gasteiger partial charge in [0.25, 0.3) is 10.0 Å². The fraction of sp³-hybridized carbons (Fsp3) is 0.455. The Bertz CT molecular complexity index is 509. The van der Waals surface area contributed by atoms with Crippen LogP contribution < -0.4 is 0 Å². The minimum absolute atomic E-state index is 0.254. The normalized spacial score (nSPS) is 18.2. The number of halogens is 1. The van der Waals surface area contributed by atoms with Crippen molar-refractivity contribution in [3.8, 4) is 0 Å². The van der Waals surface area contributed by atoms with Crippen molar-refractivity contribution >= 4 is 21.6 Å². The average molecular weight is 276 g/mol. The van der Waals surface area contributed by atoms with E-state index in [4.69, 9.17) is 16.4 Å². The summed E-state index contributed by atoms with van der Waals surface area (Å²) in [4.78, 5) is 5.45. The lowest BCUT2D eigenvalue weighted by molar-refractivity contribution is -0.108. The Hall–Kier alpha value is -0.620. The molecular formula is C11H14ClNO3S. The van der Waals surface area contributed by atoms with Gasteiger partial charge in [-0.15, -0.1) is 0 Å². The van der Waals surface area contributed by atoms with E-state index in [9.17, 15) is 8.42 Å². The van der Waals surface area contributed by atoms with E-state index in [0.717, 1.165) is 17.3 Å². The summed E-state index contributed by atoms with van der Waals surface area (Å²) >= 11 is 5.81. The smallest absolute Gasteiger partial charge is 0.265 e. The Morgan fingerprint density at radius 1 is 1.35 bits per heavy atom. The van der Waals surface area contributed by atoms with Crippen LogP contribution in [0.3, 0.4) is 0 Å². The summed E-state index contributed by atoms with van der Waals surface area (Å²) in [6, 6.07) is 4.73. The van der Waals surface area contributed by atoms with E-state index in [1.165, 1.54) is 6.07 Å². The van der Waals surface area contributed by atoms with E-state index in [0.29, 0.717) is 23.7 Å². The quantitative estimate of drug-likeness (QED) is 0.832. The first-order valence-corrected chi connectivity index (χ1v) is 7.25. The number of hydrogen-bond donors (Lipinski definition) is 0. The molecule has 1 fully saturated rings. The molecule has 17 heavy (non-hydrogen) atoms. The van der Waals surface area contributed by atoms with Crippen molar-refractivity contribution in [1.29, 1.82) is 0 Å². The summed E-state index contributed by atoms with van der Waals surface area (Å²) in [5.41, 5.74) is 0.631.